The van der Waals surface area contributed by atoms with E-state index in [9.17, 15) is 9.59 Å². The number of carbonyl (C=O) groups is 2. The molecular weight excluding hydrogens is 314 g/mol. The van der Waals surface area contributed by atoms with Crippen LogP contribution < -0.4 is 10.2 Å². The zero-order valence-electron chi connectivity index (χ0n) is 16.3. The highest BCUT2D eigenvalue weighted by Crippen LogP contribution is 2.17. The highest BCUT2D eigenvalue weighted by atomic mass is 16.2. The number of hydrogen-bond acceptors (Lipinski definition) is 3. The number of carbonyl (C=O) groups excluding carboxylic acids is 2. The van der Waals surface area contributed by atoms with Crippen molar-refractivity contribution in [2.24, 2.45) is 5.92 Å². The third-order valence-electron chi connectivity index (χ3n) is 4.31. The Labute approximate surface area is 152 Å². The van der Waals surface area contributed by atoms with Gasteiger partial charge in [0.25, 0.3) is 0 Å². The second-order valence-corrected chi connectivity index (χ2v) is 6.71. The van der Waals surface area contributed by atoms with Crippen LogP contribution in [0.5, 0.6) is 0 Å². The van der Waals surface area contributed by atoms with Crippen molar-refractivity contribution in [1.29, 1.82) is 0 Å². The number of hydrogen-bond donors (Lipinski definition) is 1. The Morgan fingerprint density at radius 2 is 1.64 bits per heavy atom. The van der Waals surface area contributed by atoms with Crippen LogP contribution in [0.3, 0.4) is 0 Å². The van der Waals surface area contributed by atoms with Gasteiger partial charge in [-0.1, -0.05) is 13.8 Å². The van der Waals surface area contributed by atoms with Gasteiger partial charge in [-0.15, -0.1) is 0 Å². The molecule has 1 aromatic rings. The Bertz CT molecular complexity index is 536. The van der Waals surface area contributed by atoms with Gasteiger partial charge in [0.1, 0.15) is 0 Å². The Balaban J connectivity index is 2.51. The lowest BCUT2D eigenvalue weighted by atomic mass is 10.1. The average Bonchev–Trinajstić information content (AvgIpc) is 2.56. The highest BCUT2D eigenvalue weighted by molar-refractivity contribution is 5.91. The van der Waals surface area contributed by atoms with E-state index < -0.39 is 0 Å². The van der Waals surface area contributed by atoms with E-state index in [1.165, 1.54) is 0 Å². The normalized spacial score (nSPS) is 10.6. The molecule has 0 saturated carbocycles. The summed E-state index contributed by atoms with van der Waals surface area (Å²) < 4.78 is 0. The van der Waals surface area contributed by atoms with E-state index >= 15 is 0 Å². The fraction of sp³-hybridized carbons (Fsp3) is 0.600. The molecule has 0 aliphatic heterocycles. The summed E-state index contributed by atoms with van der Waals surface area (Å²) >= 11 is 0. The smallest absolute Gasteiger partial charge is 0.226 e. The summed E-state index contributed by atoms with van der Waals surface area (Å²) in [6, 6.07) is 7.89. The van der Waals surface area contributed by atoms with Crippen molar-refractivity contribution in [1.82, 2.24) is 4.90 Å². The van der Waals surface area contributed by atoms with Crippen molar-refractivity contribution >= 4 is 23.2 Å². The molecule has 2 amide bonds. The predicted molar refractivity (Wildman–Crippen MR) is 105 cm³/mol. The van der Waals surface area contributed by atoms with Crippen molar-refractivity contribution in [2.75, 3.05) is 36.4 Å². The van der Waals surface area contributed by atoms with Crippen molar-refractivity contribution in [3.8, 4) is 0 Å². The van der Waals surface area contributed by atoms with Crippen molar-refractivity contribution in [2.45, 2.75) is 47.5 Å². The first-order valence-corrected chi connectivity index (χ1v) is 9.27. The summed E-state index contributed by atoms with van der Waals surface area (Å²) in [7, 11) is 0. The average molecular weight is 348 g/mol. The van der Waals surface area contributed by atoms with E-state index in [0.29, 0.717) is 25.4 Å². The van der Waals surface area contributed by atoms with Gasteiger partial charge in [0.2, 0.25) is 11.8 Å². The summed E-state index contributed by atoms with van der Waals surface area (Å²) in [5.74, 6) is 0.503. The van der Waals surface area contributed by atoms with E-state index in [0.717, 1.165) is 30.9 Å². The second kappa shape index (κ2) is 10.7. The van der Waals surface area contributed by atoms with Gasteiger partial charge in [0.15, 0.2) is 0 Å². The molecular formula is C20H33N3O2. The summed E-state index contributed by atoms with van der Waals surface area (Å²) in [5.41, 5.74) is 1.94. The third kappa shape index (κ3) is 7.59. The van der Waals surface area contributed by atoms with Crippen LogP contribution >= 0.6 is 0 Å². The molecule has 0 saturated heterocycles. The SMILES string of the molecule is CCN(CC)c1ccc(NC(=O)CCN(CCC(C)C)C(C)=O)cc1. The molecule has 1 aromatic carbocycles. The molecule has 25 heavy (non-hydrogen) atoms. The zero-order chi connectivity index (χ0) is 18.8. The van der Waals surface area contributed by atoms with Crippen LogP contribution in [0.15, 0.2) is 24.3 Å². The summed E-state index contributed by atoms with van der Waals surface area (Å²) in [6.45, 7) is 13.2. The van der Waals surface area contributed by atoms with E-state index in [4.69, 9.17) is 0 Å². The van der Waals surface area contributed by atoms with Gasteiger partial charge in [0.05, 0.1) is 0 Å². The van der Waals surface area contributed by atoms with Crippen molar-refractivity contribution in [3.63, 3.8) is 0 Å². The number of nitrogens with zero attached hydrogens (tertiary/aromatic N) is 2. The minimum absolute atomic E-state index is 0.0250. The van der Waals surface area contributed by atoms with Crippen molar-refractivity contribution in [3.05, 3.63) is 24.3 Å². The van der Waals surface area contributed by atoms with E-state index in [2.05, 4.69) is 37.9 Å². The molecule has 0 bridgehead atoms. The number of amides is 2. The Morgan fingerprint density at radius 3 is 2.12 bits per heavy atom. The Morgan fingerprint density at radius 1 is 1.04 bits per heavy atom. The zero-order valence-corrected chi connectivity index (χ0v) is 16.3. The number of rotatable bonds is 10. The van der Waals surface area contributed by atoms with Crippen LogP contribution in [0, 0.1) is 5.92 Å². The Kier molecular flexibility index (Phi) is 9.03. The summed E-state index contributed by atoms with van der Waals surface area (Å²) in [5, 5.41) is 2.91. The van der Waals surface area contributed by atoms with Gasteiger partial charge in [-0.2, -0.15) is 0 Å². The van der Waals surface area contributed by atoms with Gasteiger partial charge in [-0.25, -0.2) is 0 Å². The molecule has 0 aliphatic rings. The lowest BCUT2D eigenvalue weighted by Crippen LogP contribution is -2.33. The Hall–Kier alpha value is -2.04. The summed E-state index contributed by atoms with van der Waals surface area (Å²) in [4.78, 5) is 27.8. The van der Waals surface area contributed by atoms with Gasteiger partial charge < -0.3 is 15.1 Å². The third-order valence-corrected chi connectivity index (χ3v) is 4.31. The van der Waals surface area contributed by atoms with Gasteiger partial charge in [0, 0.05) is 50.9 Å². The first kappa shape index (κ1) is 21.0. The molecule has 140 valence electrons. The molecule has 5 nitrogen and oxygen atoms in total. The molecule has 0 aliphatic carbocycles. The quantitative estimate of drug-likeness (QED) is 0.701. The predicted octanol–water partition coefficient (Wildman–Crippen LogP) is 3.76. The van der Waals surface area contributed by atoms with Crippen LogP contribution in [0.4, 0.5) is 11.4 Å². The molecule has 0 atom stereocenters. The van der Waals surface area contributed by atoms with E-state index in [-0.39, 0.29) is 11.8 Å². The van der Waals surface area contributed by atoms with Crippen LogP contribution in [0.25, 0.3) is 0 Å². The van der Waals surface area contributed by atoms with Crippen molar-refractivity contribution < 1.29 is 9.59 Å². The largest absolute Gasteiger partial charge is 0.372 e. The second-order valence-electron chi connectivity index (χ2n) is 6.71. The van der Waals surface area contributed by atoms with Gasteiger partial charge in [-0.05, 0) is 50.5 Å². The van der Waals surface area contributed by atoms with Gasteiger partial charge in [-0.3, -0.25) is 9.59 Å². The lowest BCUT2D eigenvalue weighted by molar-refractivity contribution is -0.129. The molecule has 1 N–H and O–H groups in total. The molecule has 0 radical (unpaired) electrons. The topological polar surface area (TPSA) is 52.7 Å². The van der Waals surface area contributed by atoms with E-state index in [1.807, 2.05) is 24.3 Å². The minimum atomic E-state index is -0.0635. The summed E-state index contributed by atoms with van der Waals surface area (Å²) in [6.07, 6.45) is 1.27. The molecule has 0 unspecified atom stereocenters. The first-order valence-electron chi connectivity index (χ1n) is 9.27. The molecule has 1 rings (SSSR count). The number of benzene rings is 1. The standard InChI is InChI=1S/C20H33N3O2/c1-6-22(7-2)19-10-8-18(9-11-19)21-20(25)13-15-23(17(5)24)14-12-16(3)4/h8-11,16H,6-7,12-15H2,1-5H3,(H,21,25). The van der Waals surface area contributed by atoms with Crippen LogP contribution in [0.1, 0.15) is 47.5 Å². The fourth-order valence-corrected chi connectivity index (χ4v) is 2.65. The molecule has 0 spiro atoms. The first-order chi connectivity index (χ1) is 11.9. The number of nitrogens with one attached hydrogen (secondary N) is 1. The molecule has 5 heteroatoms. The maximum Gasteiger partial charge on any atom is 0.226 e. The lowest BCUT2D eigenvalue weighted by Gasteiger charge is -2.22. The maximum absolute atomic E-state index is 12.1. The molecule has 0 heterocycles. The van der Waals surface area contributed by atoms with Crippen LogP contribution in [-0.2, 0) is 9.59 Å². The number of anilines is 2. The van der Waals surface area contributed by atoms with E-state index in [1.54, 1.807) is 11.8 Å². The molecule has 0 aromatic heterocycles. The maximum atomic E-state index is 12.1. The van der Waals surface area contributed by atoms with Crippen LogP contribution in [0.2, 0.25) is 0 Å². The van der Waals surface area contributed by atoms with Gasteiger partial charge >= 0.3 is 0 Å². The molecule has 0 fully saturated rings. The van der Waals surface area contributed by atoms with Crippen LogP contribution in [-0.4, -0.2) is 42.9 Å². The monoisotopic (exact) mass is 347 g/mol. The fourth-order valence-electron chi connectivity index (χ4n) is 2.65. The minimum Gasteiger partial charge on any atom is -0.372 e. The highest BCUT2D eigenvalue weighted by Gasteiger charge is 2.12.